The van der Waals surface area contributed by atoms with E-state index in [9.17, 15) is 0 Å². The number of hydrogen-bond donors (Lipinski definition) is 0. The average Bonchev–Trinajstić information content (AvgIpc) is 3.19. The zero-order valence-corrected chi connectivity index (χ0v) is 17.7. The van der Waals surface area contributed by atoms with Gasteiger partial charge in [-0.15, -0.1) is 0 Å². The van der Waals surface area contributed by atoms with Gasteiger partial charge in [-0.25, -0.2) is 9.97 Å². The SMILES string of the molecule is COc1ccccc1C1CCN(C2CCC3(C2)CN(c2cnc(C)nc2)C3)CC1. The second kappa shape index (κ2) is 7.60. The molecule has 29 heavy (non-hydrogen) atoms. The van der Waals surface area contributed by atoms with E-state index in [2.05, 4.69) is 44.0 Å². The molecule has 2 saturated heterocycles. The standard InChI is InChI=1S/C24H32N4O/c1-18-25-14-21(15-26-18)28-16-24(17-28)10-7-20(13-24)27-11-8-19(9-12-27)22-5-3-4-6-23(22)29-2/h3-6,14-15,19-20H,7-13,16-17H2,1-2H3. The first-order valence-corrected chi connectivity index (χ1v) is 11.1. The molecule has 154 valence electrons. The van der Waals surface area contributed by atoms with Crippen LogP contribution in [0.2, 0.25) is 0 Å². The van der Waals surface area contributed by atoms with Gasteiger partial charge < -0.3 is 14.5 Å². The van der Waals surface area contributed by atoms with Gasteiger partial charge in [-0.2, -0.15) is 0 Å². The Morgan fingerprint density at radius 1 is 1.03 bits per heavy atom. The largest absolute Gasteiger partial charge is 0.496 e. The van der Waals surface area contributed by atoms with Gasteiger partial charge in [-0.05, 0) is 69.7 Å². The van der Waals surface area contributed by atoms with Crippen LogP contribution in [0.15, 0.2) is 36.7 Å². The Labute approximate surface area is 174 Å². The van der Waals surface area contributed by atoms with E-state index in [1.54, 1.807) is 7.11 Å². The Bertz CT molecular complexity index is 838. The first kappa shape index (κ1) is 18.9. The van der Waals surface area contributed by atoms with Gasteiger partial charge in [0.15, 0.2) is 0 Å². The molecule has 2 aromatic rings. The zero-order chi connectivity index (χ0) is 19.8. The summed E-state index contributed by atoms with van der Waals surface area (Å²) >= 11 is 0. The Kier molecular flexibility index (Phi) is 4.94. The first-order valence-electron chi connectivity index (χ1n) is 11.1. The van der Waals surface area contributed by atoms with Crippen molar-refractivity contribution in [2.24, 2.45) is 5.41 Å². The van der Waals surface area contributed by atoms with E-state index in [1.165, 1.54) is 69.5 Å². The highest BCUT2D eigenvalue weighted by molar-refractivity contribution is 5.46. The fourth-order valence-electron chi connectivity index (χ4n) is 5.85. The summed E-state index contributed by atoms with van der Waals surface area (Å²) in [5, 5.41) is 0. The summed E-state index contributed by atoms with van der Waals surface area (Å²) in [6.07, 6.45) is 10.5. The van der Waals surface area contributed by atoms with Crippen LogP contribution in [0, 0.1) is 12.3 Å². The second-order valence-electron chi connectivity index (χ2n) is 9.29. The van der Waals surface area contributed by atoms with Crippen molar-refractivity contribution in [3.05, 3.63) is 48.0 Å². The minimum absolute atomic E-state index is 0.523. The van der Waals surface area contributed by atoms with E-state index >= 15 is 0 Å². The van der Waals surface area contributed by atoms with Gasteiger partial charge in [0.1, 0.15) is 11.6 Å². The lowest BCUT2D eigenvalue weighted by Gasteiger charge is -2.50. The van der Waals surface area contributed by atoms with Crippen LogP contribution in [0.1, 0.15) is 49.4 Å². The van der Waals surface area contributed by atoms with Crippen LogP contribution in [0.3, 0.4) is 0 Å². The van der Waals surface area contributed by atoms with E-state index < -0.39 is 0 Å². The number of ether oxygens (including phenoxy) is 1. The van der Waals surface area contributed by atoms with Crippen molar-refractivity contribution in [3.8, 4) is 5.75 Å². The summed E-state index contributed by atoms with van der Waals surface area (Å²) in [7, 11) is 1.79. The molecule has 1 atom stereocenters. The molecule has 1 aromatic carbocycles. The molecule has 1 aliphatic carbocycles. The number of para-hydroxylation sites is 1. The van der Waals surface area contributed by atoms with Crippen molar-refractivity contribution >= 4 is 5.69 Å². The number of methoxy groups -OCH3 is 1. The number of piperidine rings is 1. The second-order valence-corrected chi connectivity index (χ2v) is 9.29. The molecule has 5 rings (SSSR count). The summed E-state index contributed by atoms with van der Waals surface area (Å²) in [4.78, 5) is 13.9. The molecule has 3 heterocycles. The summed E-state index contributed by atoms with van der Waals surface area (Å²) < 4.78 is 5.60. The van der Waals surface area contributed by atoms with Crippen molar-refractivity contribution < 1.29 is 4.74 Å². The summed E-state index contributed by atoms with van der Waals surface area (Å²) in [6, 6.07) is 9.34. The highest BCUT2D eigenvalue weighted by Gasteiger charge is 2.49. The lowest BCUT2D eigenvalue weighted by Crippen LogP contribution is -2.56. The number of rotatable bonds is 4. The van der Waals surface area contributed by atoms with E-state index in [-0.39, 0.29) is 0 Å². The van der Waals surface area contributed by atoms with Crippen molar-refractivity contribution in [1.82, 2.24) is 14.9 Å². The van der Waals surface area contributed by atoms with Crippen LogP contribution in [0.25, 0.3) is 0 Å². The molecular formula is C24H32N4O. The van der Waals surface area contributed by atoms with E-state index in [0.29, 0.717) is 11.3 Å². The van der Waals surface area contributed by atoms with E-state index in [0.717, 1.165) is 17.6 Å². The maximum atomic E-state index is 5.60. The quantitative estimate of drug-likeness (QED) is 0.786. The summed E-state index contributed by atoms with van der Waals surface area (Å²) in [6.45, 7) is 6.74. The van der Waals surface area contributed by atoms with Crippen LogP contribution in [0.5, 0.6) is 5.75 Å². The number of anilines is 1. The molecule has 0 bridgehead atoms. The lowest BCUT2D eigenvalue weighted by atomic mass is 9.77. The average molecular weight is 393 g/mol. The molecule has 3 fully saturated rings. The van der Waals surface area contributed by atoms with E-state index in [4.69, 9.17) is 4.74 Å². The molecular weight excluding hydrogens is 360 g/mol. The molecule has 0 radical (unpaired) electrons. The Balaban J connectivity index is 1.15. The predicted molar refractivity (Wildman–Crippen MR) is 116 cm³/mol. The highest BCUT2D eigenvalue weighted by Crippen LogP contribution is 2.49. The number of nitrogens with zero attached hydrogens (tertiary/aromatic N) is 4. The van der Waals surface area contributed by atoms with Crippen molar-refractivity contribution in [2.45, 2.75) is 51.0 Å². The molecule has 1 spiro atoms. The fraction of sp³-hybridized carbons (Fsp3) is 0.583. The minimum Gasteiger partial charge on any atom is -0.496 e. The molecule has 5 nitrogen and oxygen atoms in total. The third-order valence-corrected chi connectivity index (χ3v) is 7.49. The molecule has 2 aliphatic heterocycles. The Morgan fingerprint density at radius 2 is 1.76 bits per heavy atom. The van der Waals surface area contributed by atoms with Gasteiger partial charge >= 0.3 is 0 Å². The lowest BCUT2D eigenvalue weighted by molar-refractivity contribution is 0.131. The van der Waals surface area contributed by atoms with Gasteiger partial charge in [0.2, 0.25) is 0 Å². The number of likely N-dealkylation sites (tertiary alicyclic amines) is 1. The first-order chi connectivity index (χ1) is 14.2. The molecule has 1 unspecified atom stereocenters. The van der Waals surface area contributed by atoms with Gasteiger partial charge in [0.05, 0.1) is 25.2 Å². The van der Waals surface area contributed by atoms with Crippen LogP contribution in [-0.4, -0.2) is 54.2 Å². The third-order valence-electron chi connectivity index (χ3n) is 7.49. The maximum Gasteiger partial charge on any atom is 0.125 e. The monoisotopic (exact) mass is 392 g/mol. The van der Waals surface area contributed by atoms with Gasteiger partial charge in [0.25, 0.3) is 0 Å². The van der Waals surface area contributed by atoms with Crippen LogP contribution in [0.4, 0.5) is 5.69 Å². The molecule has 5 heteroatoms. The number of aryl methyl sites for hydroxylation is 1. The summed E-state index contributed by atoms with van der Waals surface area (Å²) in [5.74, 6) is 2.54. The smallest absolute Gasteiger partial charge is 0.125 e. The zero-order valence-electron chi connectivity index (χ0n) is 17.7. The maximum absolute atomic E-state index is 5.60. The number of aromatic nitrogens is 2. The molecule has 1 aromatic heterocycles. The van der Waals surface area contributed by atoms with Crippen LogP contribution in [-0.2, 0) is 0 Å². The molecule has 0 amide bonds. The molecule has 0 N–H and O–H groups in total. The van der Waals surface area contributed by atoms with E-state index in [1.807, 2.05) is 19.3 Å². The van der Waals surface area contributed by atoms with Gasteiger partial charge in [-0.1, -0.05) is 18.2 Å². The van der Waals surface area contributed by atoms with Gasteiger partial charge in [0, 0.05) is 24.5 Å². The molecule has 3 aliphatic rings. The van der Waals surface area contributed by atoms with Crippen LogP contribution >= 0.6 is 0 Å². The minimum atomic E-state index is 0.523. The topological polar surface area (TPSA) is 41.5 Å². The number of benzene rings is 1. The number of hydrogen-bond acceptors (Lipinski definition) is 5. The Hall–Kier alpha value is -2.14. The van der Waals surface area contributed by atoms with Gasteiger partial charge in [-0.3, -0.25) is 0 Å². The van der Waals surface area contributed by atoms with Crippen molar-refractivity contribution in [2.75, 3.05) is 38.2 Å². The summed E-state index contributed by atoms with van der Waals surface area (Å²) in [5.41, 5.74) is 3.10. The molecule has 1 saturated carbocycles. The third kappa shape index (κ3) is 3.61. The fourth-order valence-corrected chi connectivity index (χ4v) is 5.85. The Morgan fingerprint density at radius 3 is 2.48 bits per heavy atom. The van der Waals surface area contributed by atoms with Crippen LogP contribution < -0.4 is 9.64 Å². The normalized spacial score (nSPS) is 24.6. The van der Waals surface area contributed by atoms with Crippen molar-refractivity contribution in [3.63, 3.8) is 0 Å². The highest BCUT2D eigenvalue weighted by atomic mass is 16.5. The predicted octanol–water partition coefficient (Wildman–Crippen LogP) is 4.03. The van der Waals surface area contributed by atoms with Crippen molar-refractivity contribution in [1.29, 1.82) is 0 Å².